The number of phenols is 1. The maximum atomic E-state index is 9.09. The minimum atomic E-state index is 0.346. The molecule has 0 aliphatic heterocycles. The first-order valence-corrected chi connectivity index (χ1v) is 4.75. The summed E-state index contributed by atoms with van der Waals surface area (Å²) in [7, 11) is 1.92. The largest absolute Gasteiger partial charge is 0.508 e. The first kappa shape index (κ1) is 12.0. The maximum Gasteiger partial charge on any atom is 0.115 e. The fourth-order valence-electron chi connectivity index (χ4n) is 0.981. The summed E-state index contributed by atoms with van der Waals surface area (Å²) in [6.07, 6.45) is 0.963. The van der Waals surface area contributed by atoms with Gasteiger partial charge in [0.1, 0.15) is 5.75 Å². The smallest absolute Gasteiger partial charge is 0.115 e. The molecule has 13 heavy (non-hydrogen) atoms. The monoisotopic (exact) mass is 181 g/mol. The SMILES string of the molecule is CC.CNCCc1cccc(O)c1. The van der Waals surface area contributed by atoms with Crippen molar-refractivity contribution in [2.45, 2.75) is 20.3 Å². The van der Waals surface area contributed by atoms with Crippen LogP contribution in [0.4, 0.5) is 0 Å². The molecule has 0 saturated heterocycles. The van der Waals surface area contributed by atoms with Gasteiger partial charge in [0.15, 0.2) is 0 Å². The number of phenolic OH excluding ortho intramolecular Hbond substituents is 1. The van der Waals surface area contributed by atoms with E-state index in [2.05, 4.69) is 5.32 Å². The number of aromatic hydroxyl groups is 1. The van der Waals surface area contributed by atoms with Gasteiger partial charge in [0.2, 0.25) is 0 Å². The van der Waals surface area contributed by atoms with Crippen LogP contribution in [0.3, 0.4) is 0 Å². The quantitative estimate of drug-likeness (QED) is 0.749. The minimum Gasteiger partial charge on any atom is -0.508 e. The van der Waals surface area contributed by atoms with E-state index in [1.807, 2.05) is 33.0 Å². The van der Waals surface area contributed by atoms with Crippen molar-refractivity contribution in [2.75, 3.05) is 13.6 Å². The summed E-state index contributed by atoms with van der Waals surface area (Å²) in [4.78, 5) is 0. The first-order chi connectivity index (χ1) is 6.33. The van der Waals surface area contributed by atoms with Crippen molar-refractivity contribution in [3.8, 4) is 5.75 Å². The van der Waals surface area contributed by atoms with E-state index in [0.717, 1.165) is 13.0 Å². The lowest BCUT2D eigenvalue weighted by atomic mass is 10.1. The summed E-state index contributed by atoms with van der Waals surface area (Å²) in [6.45, 7) is 4.95. The molecule has 1 rings (SSSR count). The highest BCUT2D eigenvalue weighted by atomic mass is 16.3. The molecule has 0 aromatic heterocycles. The van der Waals surface area contributed by atoms with E-state index in [1.165, 1.54) is 5.56 Å². The van der Waals surface area contributed by atoms with Crippen LogP contribution in [-0.4, -0.2) is 18.7 Å². The zero-order chi connectivity index (χ0) is 10.1. The van der Waals surface area contributed by atoms with Crippen molar-refractivity contribution in [1.82, 2.24) is 5.32 Å². The zero-order valence-corrected chi connectivity index (χ0v) is 8.67. The molecule has 2 nitrogen and oxygen atoms in total. The van der Waals surface area contributed by atoms with Crippen molar-refractivity contribution in [1.29, 1.82) is 0 Å². The van der Waals surface area contributed by atoms with E-state index < -0.39 is 0 Å². The van der Waals surface area contributed by atoms with Gasteiger partial charge in [0, 0.05) is 0 Å². The topological polar surface area (TPSA) is 32.3 Å². The molecule has 0 bridgehead atoms. The molecule has 0 radical (unpaired) electrons. The average molecular weight is 181 g/mol. The summed E-state index contributed by atoms with van der Waals surface area (Å²) in [5.74, 6) is 0.346. The number of benzene rings is 1. The van der Waals surface area contributed by atoms with Crippen LogP contribution in [-0.2, 0) is 6.42 Å². The van der Waals surface area contributed by atoms with Gasteiger partial charge in [-0.15, -0.1) is 0 Å². The summed E-state index contributed by atoms with van der Waals surface area (Å²) in [5, 5.41) is 12.1. The van der Waals surface area contributed by atoms with Crippen LogP contribution in [0, 0.1) is 0 Å². The van der Waals surface area contributed by atoms with Crippen LogP contribution >= 0.6 is 0 Å². The van der Waals surface area contributed by atoms with E-state index in [4.69, 9.17) is 5.11 Å². The van der Waals surface area contributed by atoms with Crippen LogP contribution < -0.4 is 5.32 Å². The fraction of sp³-hybridized carbons (Fsp3) is 0.455. The second kappa shape index (κ2) is 7.62. The number of hydrogen-bond donors (Lipinski definition) is 2. The van der Waals surface area contributed by atoms with Crippen molar-refractivity contribution in [2.24, 2.45) is 0 Å². The molecule has 0 aliphatic rings. The minimum absolute atomic E-state index is 0.346. The molecule has 2 N–H and O–H groups in total. The number of likely N-dealkylation sites (N-methyl/N-ethyl adjacent to an activating group) is 1. The van der Waals surface area contributed by atoms with Gasteiger partial charge in [-0.1, -0.05) is 26.0 Å². The number of hydrogen-bond acceptors (Lipinski definition) is 2. The summed E-state index contributed by atoms with van der Waals surface area (Å²) in [5.41, 5.74) is 1.17. The van der Waals surface area contributed by atoms with Crippen molar-refractivity contribution in [3.63, 3.8) is 0 Å². The summed E-state index contributed by atoms with van der Waals surface area (Å²) >= 11 is 0. The van der Waals surface area contributed by atoms with E-state index >= 15 is 0 Å². The van der Waals surface area contributed by atoms with E-state index in [0.29, 0.717) is 5.75 Å². The maximum absolute atomic E-state index is 9.09. The van der Waals surface area contributed by atoms with Gasteiger partial charge >= 0.3 is 0 Å². The number of rotatable bonds is 3. The van der Waals surface area contributed by atoms with Gasteiger partial charge in [-0.3, -0.25) is 0 Å². The van der Waals surface area contributed by atoms with Crippen LogP contribution in [0.5, 0.6) is 5.75 Å². The third-order valence-electron chi connectivity index (χ3n) is 1.57. The first-order valence-electron chi connectivity index (χ1n) is 4.75. The standard InChI is InChI=1S/C9H13NO.C2H6/c1-10-6-5-8-3-2-4-9(11)7-8;1-2/h2-4,7,10-11H,5-6H2,1H3;1-2H3. The van der Waals surface area contributed by atoms with E-state index in [1.54, 1.807) is 12.1 Å². The van der Waals surface area contributed by atoms with Gasteiger partial charge in [-0.05, 0) is 37.7 Å². The van der Waals surface area contributed by atoms with Gasteiger partial charge in [-0.25, -0.2) is 0 Å². The molecule has 0 aliphatic carbocycles. The van der Waals surface area contributed by atoms with Crippen LogP contribution in [0.1, 0.15) is 19.4 Å². The Hall–Kier alpha value is -1.02. The van der Waals surface area contributed by atoms with Gasteiger partial charge in [0.25, 0.3) is 0 Å². The second-order valence-corrected chi connectivity index (χ2v) is 2.52. The molecule has 0 spiro atoms. The molecule has 2 heteroatoms. The highest BCUT2D eigenvalue weighted by molar-refractivity contribution is 5.27. The fourth-order valence-corrected chi connectivity index (χ4v) is 0.981. The predicted molar refractivity (Wildman–Crippen MR) is 57.1 cm³/mol. The van der Waals surface area contributed by atoms with E-state index in [9.17, 15) is 0 Å². The third kappa shape index (κ3) is 5.26. The van der Waals surface area contributed by atoms with Gasteiger partial charge < -0.3 is 10.4 Å². The van der Waals surface area contributed by atoms with Crippen LogP contribution in [0.25, 0.3) is 0 Å². The van der Waals surface area contributed by atoms with Crippen molar-refractivity contribution < 1.29 is 5.11 Å². The molecular formula is C11H19NO. The molecule has 74 valence electrons. The van der Waals surface area contributed by atoms with Crippen molar-refractivity contribution in [3.05, 3.63) is 29.8 Å². The lowest BCUT2D eigenvalue weighted by molar-refractivity contribution is 0.474. The molecule has 0 saturated carbocycles. The Morgan fingerprint density at radius 3 is 2.54 bits per heavy atom. The summed E-state index contributed by atoms with van der Waals surface area (Å²) < 4.78 is 0. The third-order valence-corrected chi connectivity index (χ3v) is 1.57. The van der Waals surface area contributed by atoms with Crippen LogP contribution in [0.15, 0.2) is 24.3 Å². The Morgan fingerprint density at radius 2 is 2.00 bits per heavy atom. The molecule has 1 aromatic rings. The molecular weight excluding hydrogens is 162 g/mol. The lowest BCUT2D eigenvalue weighted by Crippen LogP contribution is -2.09. The predicted octanol–water partition coefficient (Wildman–Crippen LogP) is 2.18. The highest BCUT2D eigenvalue weighted by Crippen LogP contribution is 2.10. The Balaban J connectivity index is 0.000000671. The Bertz CT molecular complexity index is 223. The molecule has 0 atom stereocenters. The molecule has 0 amide bonds. The lowest BCUT2D eigenvalue weighted by Gasteiger charge is -2.00. The second-order valence-electron chi connectivity index (χ2n) is 2.52. The Kier molecular flexibility index (Phi) is 7.02. The van der Waals surface area contributed by atoms with Crippen molar-refractivity contribution >= 4 is 0 Å². The normalized spacial score (nSPS) is 8.85. The Labute approximate surface area is 80.6 Å². The molecule has 0 fully saturated rings. The highest BCUT2D eigenvalue weighted by Gasteiger charge is 1.92. The van der Waals surface area contributed by atoms with Gasteiger partial charge in [0.05, 0.1) is 0 Å². The van der Waals surface area contributed by atoms with E-state index in [-0.39, 0.29) is 0 Å². The Morgan fingerprint density at radius 1 is 1.31 bits per heavy atom. The van der Waals surface area contributed by atoms with Gasteiger partial charge in [-0.2, -0.15) is 0 Å². The summed E-state index contributed by atoms with van der Waals surface area (Å²) in [6, 6.07) is 7.34. The van der Waals surface area contributed by atoms with Crippen LogP contribution in [0.2, 0.25) is 0 Å². The number of nitrogens with one attached hydrogen (secondary N) is 1. The molecule has 0 heterocycles. The molecule has 1 aromatic carbocycles. The average Bonchev–Trinajstić information content (AvgIpc) is 2.18. The molecule has 0 unspecified atom stereocenters. The zero-order valence-electron chi connectivity index (χ0n) is 8.67.